The molecule has 10 nitrogen and oxygen atoms in total. The van der Waals surface area contributed by atoms with Gasteiger partial charge in [-0.1, -0.05) is 23.0 Å². The van der Waals surface area contributed by atoms with Crippen molar-refractivity contribution in [1.29, 1.82) is 0 Å². The second-order valence-corrected chi connectivity index (χ2v) is 10.6. The van der Waals surface area contributed by atoms with Crippen LogP contribution in [0.5, 0.6) is 5.88 Å². The Labute approximate surface area is 210 Å². The Hall–Kier alpha value is -3.38. The lowest BCUT2D eigenvalue weighted by Gasteiger charge is -2.34. The lowest BCUT2D eigenvalue weighted by Crippen LogP contribution is -2.37. The molecule has 1 fully saturated rings. The monoisotopic (exact) mass is 512 g/mol. The van der Waals surface area contributed by atoms with E-state index in [0.717, 1.165) is 6.42 Å². The Kier molecular flexibility index (Phi) is 6.25. The Morgan fingerprint density at radius 3 is 2.86 bits per heavy atom. The predicted octanol–water partition coefficient (Wildman–Crippen LogP) is 2.99. The van der Waals surface area contributed by atoms with Gasteiger partial charge in [0, 0.05) is 25.0 Å². The lowest BCUT2D eigenvalue weighted by molar-refractivity contribution is 0.0987. The first-order valence-electron chi connectivity index (χ1n) is 11.3. The van der Waals surface area contributed by atoms with Gasteiger partial charge in [0.15, 0.2) is 23.4 Å². The normalized spacial score (nSPS) is 24.7. The summed E-state index contributed by atoms with van der Waals surface area (Å²) in [5.74, 6) is 0.470. The molecule has 2 aliphatic rings. The number of ketones is 1. The van der Waals surface area contributed by atoms with Crippen LogP contribution in [-0.2, 0) is 23.3 Å². The maximum absolute atomic E-state index is 15.0. The molecule has 2 aromatic heterocycles. The van der Waals surface area contributed by atoms with Crippen molar-refractivity contribution in [2.24, 2.45) is 16.6 Å². The first-order valence-corrected chi connectivity index (χ1v) is 12.1. The van der Waals surface area contributed by atoms with E-state index in [0.29, 0.717) is 34.6 Å². The van der Waals surface area contributed by atoms with E-state index in [-0.39, 0.29) is 46.9 Å². The molecule has 1 aliphatic heterocycles. The summed E-state index contributed by atoms with van der Waals surface area (Å²) in [5, 5.41) is 4.10. The van der Waals surface area contributed by atoms with E-state index in [1.165, 1.54) is 30.2 Å². The number of thioether (sulfide) groups is 1. The maximum Gasteiger partial charge on any atom is 0.264 e. The highest BCUT2D eigenvalue weighted by molar-refractivity contribution is 8.15. The Bertz CT molecular complexity index is 1330. The van der Waals surface area contributed by atoms with E-state index in [4.69, 9.17) is 19.7 Å². The summed E-state index contributed by atoms with van der Waals surface area (Å²) >= 11 is 1.50. The highest BCUT2D eigenvalue weighted by atomic mass is 32.2. The Morgan fingerprint density at radius 1 is 1.33 bits per heavy atom. The number of carbonyl (C=O) groups excluding carboxylic acids is 1. The quantitative estimate of drug-likeness (QED) is 0.426. The third-order valence-electron chi connectivity index (χ3n) is 6.51. The number of rotatable bonds is 9. The molecule has 1 saturated carbocycles. The first kappa shape index (κ1) is 24.3. The number of benzene rings is 1. The molecule has 3 heterocycles. The van der Waals surface area contributed by atoms with Crippen molar-refractivity contribution in [3.8, 4) is 5.88 Å². The third-order valence-corrected chi connectivity index (χ3v) is 7.79. The molecule has 0 unspecified atom stereocenters. The van der Waals surface area contributed by atoms with Gasteiger partial charge in [-0.15, -0.1) is 0 Å². The minimum Gasteiger partial charge on any atom is -0.466 e. The highest BCUT2D eigenvalue weighted by Gasteiger charge is 2.66. The van der Waals surface area contributed by atoms with Crippen LogP contribution in [0.15, 0.2) is 40.1 Å². The van der Waals surface area contributed by atoms with E-state index in [1.54, 1.807) is 26.2 Å². The molecule has 0 radical (unpaired) electrons. The van der Waals surface area contributed by atoms with Gasteiger partial charge in [0.2, 0.25) is 5.88 Å². The standard InChI is InChI=1S/C24H25FN6O4S/c1-13-29-21(35-31-13)11-34-20-10-27-17(9-28-20)18(32)7-14-4-5-16(25)15(6-14)23(2)19-8-24(19,12-33-3)36-22(26)30-23/h4-6,9-10,19H,7-8,11-12H2,1-3H3,(H2,26,30)/t19-,23+,24+/m0/s1. The number of nitrogens with two attached hydrogens (primary N) is 1. The van der Waals surface area contributed by atoms with E-state index in [1.807, 2.05) is 6.92 Å². The number of aryl methyl sites for hydroxylation is 1. The van der Waals surface area contributed by atoms with Crippen molar-refractivity contribution < 1.29 is 23.2 Å². The summed E-state index contributed by atoms with van der Waals surface area (Å²) in [4.78, 5) is 29.9. The van der Waals surface area contributed by atoms with Crippen LogP contribution >= 0.6 is 11.8 Å². The molecule has 1 aromatic carbocycles. The van der Waals surface area contributed by atoms with Crippen LogP contribution in [-0.4, -0.2) is 49.5 Å². The average Bonchev–Trinajstić information content (AvgIpc) is 3.42. The van der Waals surface area contributed by atoms with Crippen molar-refractivity contribution in [3.63, 3.8) is 0 Å². The fraction of sp³-hybridized carbons (Fsp3) is 0.417. The number of nitrogens with zero attached hydrogens (tertiary/aromatic N) is 5. The van der Waals surface area contributed by atoms with E-state index < -0.39 is 5.54 Å². The summed E-state index contributed by atoms with van der Waals surface area (Å²) in [5.41, 5.74) is 6.54. The van der Waals surface area contributed by atoms with Crippen LogP contribution in [0.2, 0.25) is 0 Å². The number of amidine groups is 1. The van der Waals surface area contributed by atoms with Crippen molar-refractivity contribution in [2.75, 3.05) is 13.7 Å². The number of carbonyl (C=O) groups is 1. The van der Waals surface area contributed by atoms with Gasteiger partial charge < -0.3 is 19.7 Å². The Morgan fingerprint density at radius 2 is 2.17 bits per heavy atom. The molecule has 36 heavy (non-hydrogen) atoms. The summed E-state index contributed by atoms with van der Waals surface area (Å²) in [7, 11) is 1.65. The zero-order valence-electron chi connectivity index (χ0n) is 20.0. The van der Waals surface area contributed by atoms with Crippen LogP contribution in [0.25, 0.3) is 0 Å². The number of methoxy groups -OCH3 is 1. The largest absolute Gasteiger partial charge is 0.466 e. The van der Waals surface area contributed by atoms with E-state index >= 15 is 4.39 Å². The molecule has 3 atom stereocenters. The molecular formula is C24H25FN6O4S. The number of halogens is 1. The zero-order chi connectivity index (χ0) is 25.5. The summed E-state index contributed by atoms with van der Waals surface area (Å²) < 4.78 is 30.7. The number of Topliss-reactive ketones (excluding diaryl/α,β-unsaturated/α-hetero) is 1. The summed E-state index contributed by atoms with van der Waals surface area (Å²) in [6, 6.07) is 4.67. The van der Waals surface area contributed by atoms with Crippen LogP contribution in [0.4, 0.5) is 4.39 Å². The number of fused-ring (bicyclic) bond motifs is 1. The van der Waals surface area contributed by atoms with Gasteiger partial charge in [-0.25, -0.2) is 14.4 Å². The maximum atomic E-state index is 15.0. The second-order valence-electron chi connectivity index (χ2n) is 9.13. The molecular weight excluding hydrogens is 487 g/mol. The molecule has 188 valence electrons. The van der Waals surface area contributed by atoms with Gasteiger partial charge in [0.25, 0.3) is 5.89 Å². The van der Waals surface area contributed by atoms with Gasteiger partial charge in [0.1, 0.15) is 11.5 Å². The molecule has 1 aliphatic carbocycles. The minimum absolute atomic E-state index is 0.0291. The fourth-order valence-corrected chi connectivity index (χ4v) is 6.20. The van der Waals surface area contributed by atoms with Crippen LogP contribution in [0, 0.1) is 18.7 Å². The molecule has 0 spiro atoms. The lowest BCUT2D eigenvalue weighted by atomic mass is 9.84. The third kappa shape index (κ3) is 4.58. The van der Waals surface area contributed by atoms with Crippen molar-refractivity contribution >= 4 is 22.7 Å². The SMILES string of the molecule is COC[C@]12C[C@H]1[C@@](C)(c1cc(CC(=O)c3cnc(OCc4nc(C)no4)cn3)ccc1F)N=C(N)S2. The number of aliphatic imine (C=N–C) groups is 1. The minimum atomic E-state index is -0.841. The number of hydrogen-bond donors (Lipinski definition) is 1. The van der Waals surface area contributed by atoms with Crippen molar-refractivity contribution in [3.05, 3.63) is 64.9 Å². The number of ether oxygens (including phenoxy) is 2. The van der Waals surface area contributed by atoms with Crippen LogP contribution < -0.4 is 10.5 Å². The smallest absolute Gasteiger partial charge is 0.264 e. The predicted molar refractivity (Wildman–Crippen MR) is 129 cm³/mol. The van der Waals surface area contributed by atoms with Gasteiger partial charge in [-0.05, 0) is 38.0 Å². The Balaban J connectivity index is 1.30. The molecule has 0 bridgehead atoms. The second kappa shape index (κ2) is 9.25. The van der Waals surface area contributed by atoms with Gasteiger partial charge in [-0.3, -0.25) is 9.79 Å². The molecule has 2 N–H and O–H groups in total. The fourth-order valence-electron chi connectivity index (χ4n) is 4.74. The van der Waals surface area contributed by atoms with E-state index in [2.05, 4.69) is 25.1 Å². The average molecular weight is 513 g/mol. The topological polar surface area (TPSA) is 139 Å². The highest BCUT2D eigenvalue weighted by Crippen LogP contribution is 2.65. The summed E-state index contributed by atoms with van der Waals surface area (Å²) in [6.07, 6.45) is 3.55. The molecule has 3 aromatic rings. The van der Waals surface area contributed by atoms with Crippen LogP contribution in [0.1, 0.15) is 46.7 Å². The van der Waals surface area contributed by atoms with Crippen molar-refractivity contribution in [1.82, 2.24) is 20.1 Å². The first-order chi connectivity index (χ1) is 17.2. The van der Waals surface area contributed by atoms with E-state index in [9.17, 15) is 4.79 Å². The molecule has 5 rings (SSSR count). The zero-order valence-corrected chi connectivity index (χ0v) is 20.8. The summed E-state index contributed by atoms with van der Waals surface area (Å²) in [6.45, 7) is 4.15. The number of hydrogen-bond acceptors (Lipinski definition) is 11. The van der Waals surface area contributed by atoms with Crippen molar-refractivity contribution in [2.45, 2.75) is 43.6 Å². The van der Waals surface area contributed by atoms with Crippen LogP contribution in [0.3, 0.4) is 0 Å². The van der Waals surface area contributed by atoms with Gasteiger partial charge in [0.05, 0.1) is 29.3 Å². The van der Waals surface area contributed by atoms with Gasteiger partial charge in [-0.2, -0.15) is 4.98 Å². The molecule has 12 heteroatoms. The number of aromatic nitrogens is 4. The van der Waals surface area contributed by atoms with Gasteiger partial charge >= 0.3 is 0 Å². The molecule has 0 saturated heterocycles. The molecule has 0 amide bonds.